The van der Waals surface area contributed by atoms with Crippen LogP contribution in [0.1, 0.15) is 17.1 Å². The molecule has 3 nitrogen and oxygen atoms in total. The number of aromatic nitrogens is 2. The summed E-state index contributed by atoms with van der Waals surface area (Å²) in [6.07, 6.45) is 1.65. The van der Waals surface area contributed by atoms with Gasteiger partial charge in [-0.05, 0) is 26.8 Å². The quantitative estimate of drug-likeness (QED) is 0.817. The van der Waals surface area contributed by atoms with Gasteiger partial charge in [0.05, 0.1) is 22.5 Å². The van der Waals surface area contributed by atoms with Gasteiger partial charge in [-0.25, -0.2) is 9.97 Å². The normalized spacial score (nSPS) is 10.8. The van der Waals surface area contributed by atoms with Gasteiger partial charge in [0.1, 0.15) is 10.8 Å². The van der Waals surface area contributed by atoms with Crippen LogP contribution in [-0.2, 0) is 0 Å². The van der Waals surface area contributed by atoms with Crippen molar-refractivity contribution < 1.29 is 4.42 Å². The average Bonchev–Trinajstić information content (AvgIpc) is 2.61. The van der Waals surface area contributed by atoms with Gasteiger partial charge in [0, 0.05) is 0 Å². The van der Waals surface area contributed by atoms with Gasteiger partial charge < -0.3 is 4.42 Å². The lowest BCUT2D eigenvalue weighted by molar-refractivity contribution is 0.527. The Balaban J connectivity index is 2.35. The number of aryl methyl sites for hydroxylation is 3. The molecule has 0 unspecified atom stereocenters. The summed E-state index contributed by atoms with van der Waals surface area (Å²) in [7, 11) is 0. The van der Waals surface area contributed by atoms with Gasteiger partial charge in [0.15, 0.2) is 5.15 Å². The standard InChI is InChI=1S/C11H11ClN2OS/c1-6-7(2)14-11(10(12)13-6)16-9-4-5-15-8(9)3/h4-5H,1-3H3. The minimum absolute atomic E-state index is 0.439. The molecule has 0 aromatic carbocycles. The average molecular weight is 255 g/mol. The van der Waals surface area contributed by atoms with E-state index in [1.807, 2.05) is 26.8 Å². The summed E-state index contributed by atoms with van der Waals surface area (Å²) in [5.74, 6) is 0.862. The summed E-state index contributed by atoms with van der Waals surface area (Å²) < 4.78 is 5.22. The van der Waals surface area contributed by atoms with Crippen LogP contribution in [0.2, 0.25) is 5.15 Å². The van der Waals surface area contributed by atoms with Gasteiger partial charge >= 0.3 is 0 Å². The Hall–Kier alpha value is -1.00. The van der Waals surface area contributed by atoms with Crippen molar-refractivity contribution in [3.63, 3.8) is 0 Å². The van der Waals surface area contributed by atoms with Gasteiger partial charge in [0.2, 0.25) is 0 Å². The highest BCUT2D eigenvalue weighted by molar-refractivity contribution is 7.99. The molecule has 0 N–H and O–H groups in total. The van der Waals surface area contributed by atoms with Crippen LogP contribution in [0, 0.1) is 20.8 Å². The van der Waals surface area contributed by atoms with E-state index in [1.165, 1.54) is 11.8 Å². The van der Waals surface area contributed by atoms with Crippen molar-refractivity contribution in [3.8, 4) is 0 Å². The molecule has 5 heteroatoms. The highest BCUT2D eigenvalue weighted by Crippen LogP contribution is 2.33. The molecule has 0 aliphatic carbocycles. The van der Waals surface area contributed by atoms with E-state index in [-0.39, 0.29) is 0 Å². The zero-order valence-electron chi connectivity index (χ0n) is 9.24. The van der Waals surface area contributed by atoms with Gasteiger partial charge in [-0.2, -0.15) is 0 Å². The van der Waals surface area contributed by atoms with Crippen LogP contribution in [0.25, 0.3) is 0 Å². The first-order valence-electron chi connectivity index (χ1n) is 4.80. The second-order valence-electron chi connectivity index (χ2n) is 3.43. The zero-order valence-corrected chi connectivity index (χ0v) is 10.8. The number of nitrogens with zero attached hydrogens (tertiary/aromatic N) is 2. The molecule has 0 atom stereocenters. The maximum atomic E-state index is 6.05. The molecule has 0 aliphatic rings. The molecule has 0 radical (unpaired) electrons. The smallest absolute Gasteiger partial charge is 0.161 e. The predicted octanol–water partition coefficient (Wildman–Crippen LogP) is 3.80. The van der Waals surface area contributed by atoms with Crippen LogP contribution >= 0.6 is 23.4 Å². The van der Waals surface area contributed by atoms with Gasteiger partial charge in [-0.1, -0.05) is 23.4 Å². The van der Waals surface area contributed by atoms with Crippen molar-refractivity contribution in [3.05, 3.63) is 34.6 Å². The maximum Gasteiger partial charge on any atom is 0.161 e. The van der Waals surface area contributed by atoms with Crippen molar-refractivity contribution >= 4 is 23.4 Å². The molecule has 2 aromatic rings. The first kappa shape index (κ1) is 11.5. The molecule has 0 fully saturated rings. The van der Waals surface area contributed by atoms with E-state index < -0.39 is 0 Å². The second kappa shape index (κ2) is 4.47. The van der Waals surface area contributed by atoms with Crippen molar-refractivity contribution in [2.45, 2.75) is 30.7 Å². The van der Waals surface area contributed by atoms with Crippen LogP contribution in [0.5, 0.6) is 0 Å². The van der Waals surface area contributed by atoms with Crippen molar-refractivity contribution in [2.24, 2.45) is 0 Å². The molecule has 2 aromatic heterocycles. The first-order chi connectivity index (χ1) is 7.58. The predicted molar refractivity (Wildman–Crippen MR) is 64.1 cm³/mol. The summed E-state index contributed by atoms with van der Waals surface area (Å²) in [4.78, 5) is 9.66. The van der Waals surface area contributed by atoms with Crippen LogP contribution in [-0.4, -0.2) is 9.97 Å². The topological polar surface area (TPSA) is 38.9 Å². The minimum Gasteiger partial charge on any atom is -0.468 e. The van der Waals surface area contributed by atoms with Gasteiger partial charge in [-0.15, -0.1) is 0 Å². The molecular weight excluding hydrogens is 244 g/mol. The SMILES string of the molecule is Cc1nc(Cl)c(Sc2ccoc2C)nc1C. The summed E-state index contributed by atoms with van der Waals surface area (Å²) in [6.45, 7) is 5.72. The van der Waals surface area contributed by atoms with Crippen molar-refractivity contribution in [1.82, 2.24) is 9.97 Å². The largest absolute Gasteiger partial charge is 0.468 e. The van der Waals surface area contributed by atoms with E-state index in [9.17, 15) is 0 Å². The Bertz CT molecular complexity index is 525. The second-order valence-corrected chi connectivity index (χ2v) is 4.82. The number of hydrogen-bond donors (Lipinski definition) is 0. The summed E-state index contributed by atoms with van der Waals surface area (Å²) >= 11 is 7.52. The number of hydrogen-bond acceptors (Lipinski definition) is 4. The monoisotopic (exact) mass is 254 g/mol. The molecule has 0 aliphatic heterocycles. The van der Waals surface area contributed by atoms with Crippen LogP contribution in [0.4, 0.5) is 0 Å². The Morgan fingerprint density at radius 1 is 1.19 bits per heavy atom. The van der Waals surface area contributed by atoms with Gasteiger partial charge in [0.25, 0.3) is 0 Å². The summed E-state index contributed by atoms with van der Waals surface area (Å²) in [5.41, 5.74) is 1.76. The number of furan rings is 1. The Kier molecular flexibility index (Phi) is 3.21. The van der Waals surface area contributed by atoms with E-state index in [0.717, 1.165) is 22.0 Å². The molecule has 0 saturated heterocycles. The van der Waals surface area contributed by atoms with Crippen molar-refractivity contribution in [1.29, 1.82) is 0 Å². The Morgan fingerprint density at radius 2 is 1.88 bits per heavy atom. The number of rotatable bonds is 2. The molecule has 16 heavy (non-hydrogen) atoms. The van der Waals surface area contributed by atoms with Crippen LogP contribution in [0.3, 0.4) is 0 Å². The minimum atomic E-state index is 0.439. The summed E-state index contributed by atoms with van der Waals surface area (Å²) in [5, 5.41) is 1.16. The van der Waals surface area contributed by atoms with Gasteiger partial charge in [-0.3, -0.25) is 0 Å². The molecule has 84 valence electrons. The fourth-order valence-electron chi connectivity index (χ4n) is 1.20. The molecular formula is C11H11ClN2OS. The van der Waals surface area contributed by atoms with E-state index >= 15 is 0 Å². The third-order valence-corrected chi connectivity index (χ3v) is 3.75. The van der Waals surface area contributed by atoms with E-state index in [1.54, 1.807) is 6.26 Å². The molecule has 0 spiro atoms. The first-order valence-corrected chi connectivity index (χ1v) is 6.00. The Labute approximate surface area is 103 Å². The van der Waals surface area contributed by atoms with E-state index in [2.05, 4.69) is 9.97 Å². The molecule has 2 rings (SSSR count). The van der Waals surface area contributed by atoms with Crippen molar-refractivity contribution in [2.75, 3.05) is 0 Å². The van der Waals surface area contributed by atoms with Crippen LogP contribution in [0.15, 0.2) is 26.7 Å². The lowest BCUT2D eigenvalue weighted by atomic mass is 10.4. The lowest BCUT2D eigenvalue weighted by Crippen LogP contribution is -1.95. The molecule has 0 amide bonds. The third kappa shape index (κ3) is 2.23. The maximum absolute atomic E-state index is 6.05. The summed E-state index contributed by atoms with van der Waals surface area (Å²) in [6, 6.07) is 1.90. The molecule has 0 bridgehead atoms. The third-order valence-electron chi connectivity index (χ3n) is 2.25. The highest BCUT2D eigenvalue weighted by Gasteiger charge is 2.11. The van der Waals surface area contributed by atoms with E-state index in [0.29, 0.717) is 10.2 Å². The number of halogens is 1. The lowest BCUT2D eigenvalue weighted by Gasteiger charge is -2.05. The highest BCUT2D eigenvalue weighted by atomic mass is 35.5. The zero-order chi connectivity index (χ0) is 11.7. The Morgan fingerprint density at radius 3 is 2.50 bits per heavy atom. The molecule has 2 heterocycles. The molecule has 0 saturated carbocycles. The van der Waals surface area contributed by atoms with Crippen LogP contribution < -0.4 is 0 Å². The van der Waals surface area contributed by atoms with E-state index in [4.69, 9.17) is 16.0 Å². The fraction of sp³-hybridized carbons (Fsp3) is 0.273. The fourth-order valence-corrected chi connectivity index (χ4v) is 2.32.